The maximum absolute atomic E-state index is 13.7. The number of carbonyl (C=O) groups excluding carboxylic acids is 3. The average Bonchev–Trinajstić information content (AvgIpc) is 3.05. The van der Waals surface area contributed by atoms with E-state index in [1.165, 1.54) is 17.9 Å². The van der Waals surface area contributed by atoms with Crippen molar-refractivity contribution in [1.29, 1.82) is 0 Å². The van der Waals surface area contributed by atoms with E-state index in [9.17, 15) is 24.6 Å². The molecule has 0 aliphatic carbocycles. The maximum atomic E-state index is 13.7. The number of phenols is 1. The molecule has 4 rings (SSSR count). The molecule has 240 valence electrons. The molecule has 4 aromatic rings. The van der Waals surface area contributed by atoms with Gasteiger partial charge in [0.25, 0.3) is 5.91 Å². The zero-order chi connectivity index (χ0) is 33.1. The van der Waals surface area contributed by atoms with Crippen LogP contribution < -0.4 is 10.6 Å². The molecule has 4 N–H and O–H groups in total. The summed E-state index contributed by atoms with van der Waals surface area (Å²) >= 11 is 0. The van der Waals surface area contributed by atoms with Crippen molar-refractivity contribution in [3.63, 3.8) is 0 Å². The van der Waals surface area contributed by atoms with Crippen molar-refractivity contribution in [2.24, 2.45) is 0 Å². The van der Waals surface area contributed by atoms with E-state index in [-0.39, 0.29) is 30.5 Å². The molecule has 8 nitrogen and oxygen atoms in total. The Morgan fingerprint density at radius 1 is 0.783 bits per heavy atom. The molecular weight excluding hydrogens is 578 g/mol. The van der Waals surface area contributed by atoms with Crippen LogP contribution >= 0.6 is 0 Å². The topological polar surface area (TPSA) is 119 Å². The van der Waals surface area contributed by atoms with Gasteiger partial charge in [-0.1, -0.05) is 91.0 Å². The summed E-state index contributed by atoms with van der Waals surface area (Å²) in [6, 6.07) is 30.1. The molecule has 0 aliphatic heterocycles. The number of amides is 3. The third kappa shape index (κ3) is 9.28. The SMILES string of the molecule is CC(=O)N(CC[C@@H](O)[C@H](Cc1ccccc1)NC(=O)c1cccc(O)c1C)[C@@H](Cc1ccccc1)C(=O)NCc1ccccc1C. The van der Waals surface area contributed by atoms with Crippen molar-refractivity contribution in [2.75, 3.05) is 6.54 Å². The normalized spacial score (nSPS) is 12.9. The number of hydrogen-bond acceptors (Lipinski definition) is 5. The molecule has 0 spiro atoms. The molecule has 0 saturated carbocycles. The number of aliphatic hydroxyl groups excluding tert-OH is 1. The Labute approximate surface area is 271 Å². The molecular formula is C38H43N3O5. The highest BCUT2D eigenvalue weighted by Crippen LogP contribution is 2.21. The minimum absolute atomic E-state index is 0.00932. The van der Waals surface area contributed by atoms with Gasteiger partial charge in [-0.15, -0.1) is 0 Å². The summed E-state index contributed by atoms with van der Waals surface area (Å²) in [4.78, 5) is 41.6. The van der Waals surface area contributed by atoms with Gasteiger partial charge >= 0.3 is 0 Å². The highest BCUT2D eigenvalue weighted by atomic mass is 16.3. The minimum Gasteiger partial charge on any atom is -0.508 e. The number of rotatable bonds is 14. The van der Waals surface area contributed by atoms with Crippen molar-refractivity contribution < 1.29 is 24.6 Å². The number of aryl methyl sites for hydroxylation is 1. The molecule has 3 atom stereocenters. The lowest BCUT2D eigenvalue weighted by atomic mass is 9.97. The summed E-state index contributed by atoms with van der Waals surface area (Å²) in [5.41, 5.74) is 4.61. The predicted molar refractivity (Wildman–Crippen MR) is 179 cm³/mol. The van der Waals surface area contributed by atoms with Crippen LogP contribution in [0, 0.1) is 13.8 Å². The summed E-state index contributed by atoms with van der Waals surface area (Å²) < 4.78 is 0. The van der Waals surface area contributed by atoms with Crippen LogP contribution in [0.3, 0.4) is 0 Å². The highest BCUT2D eigenvalue weighted by molar-refractivity contribution is 5.96. The number of aromatic hydroxyl groups is 1. The first-order chi connectivity index (χ1) is 22.1. The summed E-state index contributed by atoms with van der Waals surface area (Å²) in [6.07, 6.45) is -0.282. The van der Waals surface area contributed by atoms with Gasteiger partial charge < -0.3 is 25.7 Å². The Hall–Kier alpha value is -4.95. The Morgan fingerprint density at radius 3 is 2.02 bits per heavy atom. The number of nitrogens with zero attached hydrogens (tertiary/aromatic N) is 1. The van der Waals surface area contributed by atoms with Crippen LogP contribution in [-0.4, -0.2) is 57.6 Å². The van der Waals surface area contributed by atoms with Crippen molar-refractivity contribution in [1.82, 2.24) is 15.5 Å². The van der Waals surface area contributed by atoms with Gasteiger partial charge in [0.15, 0.2) is 0 Å². The molecule has 0 heterocycles. The van der Waals surface area contributed by atoms with Crippen LogP contribution in [0.25, 0.3) is 0 Å². The monoisotopic (exact) mass is 621 g/mol. The first-order valence-corrected chi connectivity index (χ1v) is 15.6. The predicted octanol–water partition coefficient (Wildman–Crippen LogP) is 4.88. The van der Waals surface area contributed by atoms with E-state index in [4.69, 9.17) is 0 Å². The average molecular weight is 622 g/mol. The first kappa shape index (κ1) is 33.9. The van der Waals surface area contributed by atoms with Crippen molar-refractivity contribution in [2.45, 2.75) is 64.8 Å². The largest absolute Gasteiger partial charge is 0.508 e. The quantitative estimate of drug-likeness (QED) is 0.160. The van der Waals surface area contributed by atoms with Crippen LogP contribution in [0.15, 0.2) is 103 Å². The minimum atomic E-state index is -1.05. The van der Waals surface area contributed by atoms with Crippen LogP contribution in [0.1, 0.15) is 51.5 Å². The molecule has 0 saturated heterocycles. The highest BCUT2D eigenvalue weighted by Gasteiger charge is 2.30. The van der Waals surface area contributed by atoms with Gasteiger partial charge in [0.2, 0.25) is 11.8 Å². The van der Waals surface area contributed by atoms with Gasteiger partial charge in [-0.25, -0.2) is 0 Å². The lowest BCUT2D eigenvalue weighted by Crippen LogP contribution is -2.52. The summed E-state index contributed by atoms with van der Waals surface area (Å²) in [5, 5.41) is 27.6. The Kier molecular flexibility index (Phi) is 12.1. The second-order valence-corrected chi connectivity index (χ2v) is 11.6. The van der Waals surface area contributed by atoms with E-state index in [2.05, 4.69) is 10.6 Å². The van der Waals surface area contributed by atoms with Crippen LogP contribution in [0.4, 0.5) is 0 Å². The van der Waals surface area contributed by atoms with Crippen molar-refractivity contribution in [3.8, 4) is 5.75 Å². The number of nitrogens with one attached hydrogen (secondary N) is 2. The zero-order valence-corrected chi connectivity index (χ0v) is 26.6. The van der Waals surface area contributed by atoms with Gasteiger partial charge in [0.1, 0.15) is 11.8 Å². The molecule has 4 aromatic carbocycles. The summed E-state index contributed by atoms with van der Waals surface area (Å²) in [7, 11) is 0. The molecule has 0 aromatic heterocycles. The fourth-order valence-corrected chi connectivity index (χ4v) is 5.56. The second-order valence-electron chi connectivity index (χ2n) is 11.6. The third-order valence-corrected chi connectivity index (χ3v) is 8.36. The van der Waals surface area contributed by atoms with Gasteiger partial charge in [0, 0.05) is 37.6 Å². The number of phenolic OH excluding ortho intramolecular Hbond substituents is 1. The molecule has 8 heteroatoms. The van der Waals surface area contributed by atoms with Gasteiger partial charge in [0.05, 0.1) is 12.1 Å². The Bertz CT molecular complexity index is 1610. The van der Waals surface area contributed by atoms with Crippen LogP contribution in [0.2, 0.25) is 0 Å². The van der Waals surface area contributed by atoms with Crippen LogP contribution in [0.5, 0.6) is 5.75 Å². The van der Waals surface area contributed by atoms with E-state index < -0.39 is 24.1 Å². The number of benzene rings is 4. The third-order valence-electron chi connectivity index (χ3n) is 8.36. The van der Waals surface area contributed by atoms with Gasteiger partial charge in [-0.05, 0) is 61.1 Å². The smallest absolute Gasteiger partial charge is 0.252 e. The van der Waals surface area contributed by atoms with Crippen molar-refractivity contribution >= 4 is 17.7 Å². The van der Waals surface area contributed by atoms with E-state index in [1.54, 1.807) is 19.1 Å². The molecule has 0 fully saturated rings. The zero-order valence-electron chi connectivity index (χ0n) is 26.6. The van der Waals surface area contributed by atoms with Crippen LogP contribution in [-0.2, 0) is 29.0 Å². The first-order valence-electron chi connectivity index (χ1n) is 15.6. The van der Waals surface area contributed by atoms with E-state index in [0.29, 0.717) is 30.5 Å². The van der Waals surface area contributed by atoms with E-state index >= 15 is 0 Å². The van der Waals surface area contributed by atoms with Gasteiger partial charge in [-0.2, -0.15) is 0 Å². The number of aliphatic hydroxyl groups is 1. The Morgan fingerprint density at radius 2 is 1.39 bits per heavy atom. The molecule has 46 heavy (non-hydrogen) atoms. The molecule has 0 radical (unpaired) electrons. The number of hydrogen-bond donors (Lipinski definition) is 4. The van der Waals surface area contributed by atoms with E-state index in [1.807, 2.05) is 91.9 Å². The summed E-state index contributed by atoms with van der Waals surface area (Å²) in [5.74, 6) is -0.993. The van der Waals surface area contributed by atoms with Crippen molar-refractivity contribution in [3.05, 3.63) is 137 Å². The second kappa shape index (κ2) is 16.4. The fourth-order valence-electron chi connectivity index (χ4n) is 5.56. The lowest BCUT2D eigenvalue weighted by Gasteiger charge is -2.32. The maximum Gasteiger partial charge on any atom is 0.252 e. The number of carbonyl (C=O) groups is 3. The van der Waals surface area contributed by atoms with Gasteiger partial charge in [-0.3, -0.25) is 14.4 Å². The molecule has 3 amide bonds. The standard InChI is InChI=1S/C38H43N3O5/c1-26-13-10-11-18-31(26)25-39-38(46)34(24-30-16-8-5-9-17-30)41(28(3)42)22-21-36(44)33(23-29-14-6-4-7-15-29)40-37(45)32-19-12-20-35(43)27(32)2/h4-20,33-34,36,43-44H,21-25H2,1-3H3,(H,39,46)(H,40,45)/t33-,34-,36+/m0/s1. The fraction of sp³-hybridized carbons (Fsp3) is 0.289. The molecule has 0 bridgehead atoms. The summed E-state index contributed by atoms with van der Waals surface area (Å²) in [6.45, 7) is 5.49. The lowest BCUT2D eigenvalue weighted by molar-refractivity contribution is -0.139. The molecule has 0 aliphatic rings. The molecule has 0 unspecified atom stereocenters. The Balaban J connectivity index is 1.54. The van der Waals surface area contributed by atoms with E-state index in [0.717, 1.165) is 22.3 Å².